The topological polar surface area (TPSA) is 49.9 Å². The fraction of sp³-hybridized carbons (Fsp3) is 0.556. The zero-order chi connectivity index (χ0) is 19.7. The van der Waals surface area contributed by atoms with Crippen LogP contribution in [0.3, 0.4) is 0 Å². The van der Waals surface area contributed by atoms with Gasteiger partial charge in [0.25, 0.3) is 5.91 Å². The molecule has 0 aliphatic rings. The first-order valence-corrected chi connectivity index (χ1v) is 8.66. The highest BCUT2D eigenvalue weighted by Gasteiger charge is 2.24. The van der Waals surface area contributed by atoms with Crippen LogP contribution >= 0.6 is 0 Å². The third-order valence-corrected chi connectivity index (χ3v) is 4.02. The maximum atomic E-state index is 14.0. The molecule has 0 radical (unpaired) electrons. The SMILES string of the molecule is CCOC(=O)CCN(CCN(CC)CC)C(=O)c1ccc(F)c(F)c1F. The maximum absolute atomic E-state index is 14.0. The lowest BCUT2D eigenvalue weighted by molar-refractivity contribution is -0.143. The van der Waals surface area contributed by atoms with Crippen LogP contribution in [-0.2, 0) is 9.53 Å². The zero-order valence-electron chi connectivity index (χ0n) is 15.4. The predicted molar refractivity (Wildman–Crippen MR) is 91.3 cm³/mol. The summed E-state index contributed by atoms with van der Waals surface area (Å²) in [4.78, 5) is 27.5. The van der Waals surface area contributed by atoms with E-state index in [-0.39, 0.29) is 26.1 Å². The molecule has 0 saturated carbocycles. The molecule has 0 fully saturated rings. The average molecular weight is 374 g/mol. The number of benzene rings is 1. The van der Waals surface area contributed by atoms with E-state index in [4.69, 9.17) is 4.74 Å². The lowest BCUT2D eigenvalue weighted by atomic mass is 10.1. The lowest BCUT2D eigenvalue weighted by Gasteiger charge is -2.26. The van der Waals surface area contributed by atoms with Crippen LogP contribution in [0.1, 0.15) is 37.6 Å². The summed E-state index contributed by atoms with van der Waals surface area (Å²) in [6.45, 7) is 8.04. The molecule has 1 amide bonds. The zero-order valence-corrected chi connectivity index (χ0v) is 15.4. The van der Waals surface area contributed by atoms with E-state index in [2.05, 4.69) is 0 Å². The first kappa shape index (κ1) is 22.0. The molecule has 0 spiro atoms. The molecule has 0 N–H and O–H groups in total. The van der Waals surface area contributed by atoms with Crippen LogP contribution in [0.15, 0.2) is 12.1 Å². The Morgan fingerprint density at radius 2 is 1.62 bits per heavy atom. The molecule has 1 rings (SSSR count). The van der Waals surface area contributed by atoms with E-state index in [1.165, 1.54) is 4.90 Å². The van der Waals surface area contributed by atoms with Crippen molar-refractivity contribution in [3.05, 3.63) is 35.1 Å². The number of nitrogens with zero attached hydrogens (tertiary/aromatic N) is 2. The Morgan fingerprint density at radius 1 is 0.962 bits per heavy atom. The minimum atomic E-state index is -1.69. The van der Waals surface area contributed by atoms with E-state index in [1.54, 1.807) is 6.92 Å². The van der Waals surface area contributed by atoms with E-state index in [0.29, 0.717) is 12.6 Å². The number of ether oxygens (including phenoxy) is 1. The fourth-order valence-corrected chi connectivity index (χ4v) is 2.44. The van der Waals surface area contributed by atoms with Crippen LogP contribution in [0.5, 0.6) is 0 Å². The van der Waals surface area contributed by atoms with Gasteiger partial charge in [0, 0.05) is 19.6 Å². The summed E-state index contributed by atoms with van der Waals surface area (Å²) in [6.07, 6.45) is -0.0663. The van der Waals surface area contributed by atoms with Gasteiger partial charge in [-0.15, -0.1) is 0 Å². The number of esters is 1. The molecule has 5 nitrogen and oxygen atoms in total. The number of likely N-dealkylation sites (N-methyl/N-ethyl adjacent to an activating group) is 1. The monoisotopic (exact) mass is 374 g/mol. The van der Waals surface area contributed by atoms with Crippen LogP contribution in [-0.4, -0.2) is 61.0 Å². The van der Waals surface area contributed by atoms with Gasteiger partial charge in [0.1, 0.15) is 0 Å². The summed E-state index contributed by atoms with van der Waals surface area (Å²) in [6, 6.07) is 1.62. The standard InChI is InChI=1S/C18H25F3N2O3/c1-4-22(5-2)11-12-23(10-9-15(24)26-6-3)18(25)13-7-8-14(19)17(21)16(13)20/h7-8H,4-6,9-12H2,1-3H3. The Bertz CT molecular complexity index is 622. The Hall–Kier alpha value is -2.09. The molecule has 1 aromatic rings. The second-order valence-corrected chi connectivity index (χ2v) is 5.60. The Morgan fingerprint density at radius 3 is 2.19 bits per heavy atom. The highest BCUT2D eigenvalue weighted by molar-refractivity contribution is 5.94. The molecule has 0 unspecified atom stereocenters. The third kappa shape index (κ3) is 6.01. The Balaban J connectivity index is 2.96. The summed E-state index contributed by atoms with van der Waals surface area (Å²) in [5.41, 5.74) is -0.563. The van der Waals surface area contributed by atoms with Crippen molar-refractivity contribution in [2.75, 3.05) is 39.3 Å². The van der Waals surface area contributed by atoms with E-state index < -0.39 is 34.9 Å². The number of amides is 1. The summed E-state index contributed by atoms with van der Waals surface area (Å²) in [5.74, 6) is -5.86. The quantitative estimate of drug-likeness (QED) is 0.467. The van der Waals surface area contributed by atoms with Crippen molar-refractivity contribution < 1.29 is 27.5 Å². The molecule has 8 heteroatoms. The van der Waals surface area contributed by atoms with Crippen molar-refractivity contribution in [1.82, 2.24) is 9.80 Å². The van der Waals surface area contributed by atoms with Gasteiger partial charge in [-0.1, -0.05) is 13.8 Å². The smallest absolute Gasteiger partial charge is 0.307 e. The van der Waals surface area contributed by atoms with Crippen LogP contribution in [0.2, 0.25) is 0 Å². The third-order valence-electron chi connectivity index (χ3n) is 4.02. The molecular formula is C18H25F3N2O3. The molecule has 146 valence electrons. The summed E-state index contributed by atoms with van der Waals surface area (Å²) in [7, 11) is 0. The van der Waals surface area contributed by atoms with Crippen molar-refractivity contribution in [3.63, 3.8) is 0 Å². The van der Waals surface area contributed by atoms with Crippen molar-refractivity contribution in [1.29, 1.82) is 0 Å². The van der Waals surface area contributed by atoms with Crippen LogP contribution in [0.4, 0.5) is 13.2 Å². The predicted octanol–water partition coefficient (Wildman–Crippen LogP) is 2.84. The van der Waals surface area contributed by atoms with E-state index in [9.17, 15) is 22.8 Å². The molecule has 0 aromatic heterocycles. The average Bonchev–Trinajstić information content (AvgIpc) is 2.62. The van der Waals surface area contributed by atoms with Gasteiger partial charge in [-0.3, -0.25) is 9.59 Å². The van der Waals surface area contributed by atoms with Gasteiger partial charge in [-0.05, 0) is 32.1 Å². The van der Waals surface area contributed by atoms with Gasteiger partial charge in [0.2, 0.25) is 0 Å². The van der Waals surface area contributed by atoms with E-state index in [1.807, 2.05) is 18.7 Å². The largest absolute Gasteiger partial charge is 0.466 e. The highest BCUT2D eigenvalue weighted by atomic mass is 19.2. The molecule has 0 heterocycles. The molecular weight excluding hydrogens is 349 g/mol. The number of hydrogen-bond donors (Lipinski definition) is 0. The first-order valence-electron chi connectivity index (χ1n) is 8.66. The van der Waals surface area contributed by atoms with Crippen molar-refractivity contribution >= 4 is 11.9 Å². The summed E-state index contributed by atoms with van der Waals surface area (Å²) in [5, 5.41) is 0. The molecule has 0 atom stereocenters. The maximum Gasteiger partial charge on any atom is 0.307 e. The number of hydrogen-bond acceptors (Lipinski definition) is 4. The number of halogens is 3. The van der Waals surface area contributed by atoms with Crippen LogP contribution in [0, 0.1) is 17.5 Å². The second kappa shape index (κ2) is 10.8. The van der Waals surface area contributed by atoms with Gasteiger partial charge in [-0.2, -0.15) is 0 Å². The Labute approximate surface area is 151 Å². The van der Waals surface area contributed by atoms with Crippen molar-refractivity contribution in [2.45, 2.75) is 27.2 Å². The molecule has 0 saturated heterocycles. The minimum Gasteiger partial charge on any atom is -0.466 e. The normalized spacial score (nSPS) is 10.9. The van der Waals surface area contributed by atoms with Crippen molar-refractivity contribution in [2.24, 2.45) is 0 Å². The molecule has 0 aliphatic carbocycles. The van der Waals surface area contributed by atoms with Crippen LogP contribution in [0.25, 0.3) is 0 Å². The Kier molecular flexibility index (Phi) is 9.12. The van der Waals surface area contributed by atoms with Gasteiger partial charge >= 0.3 is 5.97 Å². The van der Waals surface area contributed by atoms with Crippen LogP contribution < -0.4 is 0 Å². The number of carbonyl (C=O) groups excluding carboxylic acids is 2. The molecule has 0 bridgehead atoms. The summed E-state index contributed by atoms with van der Waals surface area (Å²) < 4.78 is 45.3. The molecule has 1 aromatic carbocycles. The first-order chi connectivity index (χ1) is 12.3. The van der Waals surface area contributed by atoms with E-state index in [0.717, 1.165) is 19.2 Å². The van der Waals surface area contributed by atoms with Gasteiger partial charge in [-0.25, -0.2) is 13.2 Å². The minimum absolute atomic E-state index is 0.00261. The van der Waals surface area contributed by atoms with Crippen molar-refractivity contribution in [3.8, 4) is 0 Å². The van der Waals surface area contributed by atoms with Gasteiger partial charge in [0.15, 0.2) is 17.5 Å². The lowest BCUT2D eigenvalue weighted by Crippen LogP contribution is -2.40. The summed E-state index contributed by atoms with van der Waals surface area (Å²) >= 11 is 0. The van der Waals surface area contributed by atoms with Gasteiger partial charge < -0.3 is 14.5 Å². The number of rotatable bonds is 10. The molecule has 26 heavy (non-hydrogen) atoms. The van der Waals surface area contributed by atoms with E-state index >= 15 is 0 Å². The second-order valence-electron chi connectivity index (χ2n) is 5.60. The highest BCUT2D eigenvalue weighted by Crippen LogP contribution is 2.17. The van der Waals surface area contributed by atoms with Gasteiger partial charge in [0.05, 0.1) is 18.6 Å². The molecule has 0 aliphatic heterocycles. The number of carbonyl (C=O) groups is 2. The fourth-order valence-electron chi connectivity index (χ4n) is 2.44.